The van der Waals surface area contributed by atoms with Crippen LogP contribution in [-0.2, 0) is 14.3 Å². The molecule has 1 N–H and O–H groups in total. The second-order valence-corrected chi connectivity index (χ2v) is 2.40. The molecule has 0 aromatic carbocycles. The minimum absolute atomic E-state index is 0.263. The van der Waals surface area contributed by atoms with Crippen LogP contribution in [0.4, 0.5) is 0 Å². The Hall–Kier alpha value is -1.06. The van der Waals surface area contributed by atoms with Gasteiger partial charge in [-0.05, 0) is 0 Å². The highest BCUT2D eigenvalue weighted by Crippen LogP contribution is 2.19. The molecule has 0 bridgehead atoms. The molecule has 0 aromatic heterocycles. The highest BCUT2D eigenvalue weighted by Gasteiger charge is 2.35. The average Bonchev–Trinajstić information content (AvgIpc) is 2.13. The van der Waals surface area contributed by atoms with Crippen molar-refractivity contribution in [3.05, 3.63) is 0 Å². The van der Waals surface area contributed by atoms with Crippen LogP contribution in [-0.4, -0.2) is 23.1 Å². The molecule has 1 fully saturated rings. The smallest absolute Gasteiger partial charge is 0.345 e. The van der Waals surface area contributed by atoms with Crippen molar-refractivity contribution in [1.29, 1.82) is 0 Å². The molecule has 4 nitrogen and oxygen atoms in total. The van der Waals surface area contributed by atoms with Crippen molar-refractivity contribution >= 4 is 11.9 Å². The van der Waals surface area contributed by atoms with Crippen molar-refractivity contribution in [3.63, 3.8) is 0 Å². The van der Waals surface area contributed by atoms with E-state index in [1.54, 1.807) is 6.92 Å². The fourth-order valence-electron chi connectivity index (χ4n) is 0.873. The number of hydrogen-bond acceptors (Lipinski definition) is 3. The first-order valence-corrected chi connectivity index (χ1v) is 3.04. The van der Waals surface area contributed by atoms with E-state index in [1.165, 1.54) is 0 Å². The number of carbonyl (C=O) groups is 2. The van der Waals surface area contributed by atoms with Crippen molar-refractivity contribution in [2.24, 2.45) is 5.92 Å². The van der Waals surface area contributed by atoms with Gasteiger partial charge in [-0.2, -0.15) is 0 Å². The fourth-order valence-corrected chi connectivity index (χ4v) is 0.873. The van der Waals surface area contributed by atoms with E-state index >= 15 is 0 Å². The molecule has 0 amide bonds. The number of hydrogen-bond donors (Lipinski definition) is 1. The third kappa shape index (κ3) is 1.10. The Kier molecular flexibility index (Phi) is 1.61. The second-order valence-electron chi connectivity index (χ2n) is 2.40. The Balaban J connectivity index is 2.57. The molecule has 4 heteroatoms. The van der Waals surface area contributed by atoms with Gasteiger partial charge in [-0.1, -0.05) is 6.92 Å². The Labute approximate surface area is 57.8 Å². The van der Waals surface area contributed by atoms with Gasteiger partial charge in [0.15, 0.2) is 6.10 Å². The maximum Gasteiger partial charge on any atom is 0.345 e. The third-order valence-corrected chi connectivity index (χ3v) is 1.50. The monoisotopic (exact) mass is 144 g/mol. The molecular weight excluding hydrogens is 136 g/mol. The van der Waals surface area contributed by atoms with Crippen LogP contribution >= 0.6 is 0 Å². The maximum absolute atomic E-state index is 10.6. The van der Waals surface area contributed by atoms with Crippen LogP contribution in [0.3, 0.4) is 0 Å². The predicted octanol–water partition coefficient (Wildman–Crippen LogP) is 0.0226. The normalized spacial score (nSPS) is 31.9. The summed E-state index contributed by atoms with van der Waals surface area (Å²) in [6.45, 7) is 1.66. The molecule has 0 aromatic rings. The van der Waals surface area contributed by atoms with Gasteiger partial charge in [0.05, 0.1) is 5.92 Å². The second kappa shape index (κ2) is 2.28. The van der Waals surface area contributed by atoms with Crippen molar-refractivity contribution in [3.8, 4) is 0 Å². The van der Waals surface area contributed by atoms with E-state index in [4.69, 9.17) is 5.11 Å². The van der Waals surface area contributed by atoms with E-state index in [-0.39, 0.29) is 5.92 Å². The van der Waals surface area contributed by atoms with Gasteiger partial charge < -0.3 is 9.84 Å². The molecule has 0 aliphatic carbocycles. The number of cyclic esters (lactones) is 1. The molecule has 10 heavy (non-hydrogen) atoms. The molecule has 1 unspecified atom stereocenters. The molecule has 56 valence electrons. The Morgan fingerprint density at radius 1 is 1.80 bits per heavy atom. The number of carbonyl (C=O) groups excluding carboxylic acids is 1. The van der Waals surface area contributed by atoms with E-state index in [9.17, 15) is 9.59 Å². The van der Waals surface area contributed by atoms with Crippen LogP contribution in [0.2, 0.25) is 0 Å². The van der Waals surface area contributed by atoms with E-state index in [0.29, 0.717) is 6.42 Å². The zero-order valence-corrected chi connectivity index (χ0v) is 5.53. The van der Waals surface area contributed by atoms with Gasteiger partial charge in [-0.3, -0.25) is 4.79 Å². The molecule has 0 radical (unpaired) electrons. The number of esters is 1. The van der Waals surface area contributed by atoms with Crippen LogP contribution in [0.25, 0.3) is 0 Å². The minimum Gasteiger partial charge on any atom is -0.479 e. The summed E-state index contributed by atoms with van der Waals surface area (Å²) < 4.78 is 4.50. The molecule has 1 aliphatic rings. The average molecular weight is 144 g/mol. The van der Waals surface area contributed by atoms with Gasteiger partial charge in [-0.15, -0.1) is 0 Å². The van der Waals surface area contributed by atoms with Gasteiger partial charge in [-0.25, -0.2) is 4.79 Å². The van der Waals surface area contributed by atoms with E-state index < -0.39 is 18.0 Å². The number of carboxylic acids is 1. The molecule has 1 aliphatic heterocycles. The van der Waals surface area contributed by atoms with E-state index in [1.807, 2.05) is 0 Å². The zero-order valence-electron chi connectivity index (χ0n) is 5.53. The summed E-state index contributed by atoms with van der Waals surface area (Å²) >= 11 is 0. The van der Waals surface area contributed by atoms with Gasteiger partial charge in [0.1, 0.15) is 0 Å². The molecule has 1 saturated heterocycles. The van der Waals surface area contributed by atoms with Crippen molar-refractivity contribution < 1.29 is 19.4 Å². The van der Waals surface area contributed by atoms with Crippen LogP contribution in [0, 0.1) is 5.92 Å². The Morgan fingerprint density at radius 3 is 2.60 bits per heavy atom. The number of rotatable bonds is 1. The molecule has 1 heterocycles. The number of ether oxygens (including phenoxy) is 1. The summed E-state index contributed by atoms with van der Waals surface area (Å²) in [7, 11) is 0. The van der Waals surface area contributed by atoms with Crippen molar-refractivity contribution in [2.45, 2.75) is 19.4 Å². The topological polar surface area (TPSA) is 63.6 Å². The highest BCUT2D eigenvalue weighted by molar-refractivity contribution is 5.82. The number of aliphatic carboxylic acids is 1. The van der Waals surface area contributed by atoms with Gasteiger partial charge in [0.25, 0.3) is 0 Å². The lowest BCUT2D eigenvalue weighted by molar-refractivity contribution is -0.157. The summed E-state index contributed by atoms with van der Waals surface area (Å²) in [6, 6.07) is 0. The molecule has 0 saturated carbocycles. The lowest BCUT2D eigenvalue weighted by Gasteiger charge is -1.99. The predicted molar refractivity (Wildman–Crippen MR) is 31.3 cm³/mol. The van der Waals surface area contributed by atoms with E-state index in [2.05, 4.69) is 4.74 Å². The lowest BCUT2D eigenvalue weighted by atomic mass is 10.1. The lowest BCUT2D eigenvalue weighted by Crippen LogP contribution is -2.18. The maximum atomic E-state index is 10.6. The quantitative estimate of drug-likeness (QED) is 0.527. The number of carboxylic acid groups (broad SMARTS) is 1. The largest absolute Gasteiger partial charge is 0.479 e. The first-order valence-electron chi connectivity index (χ1n) is 3.04. The van der Waals surface area contributed by atoms with Crippen LogP contribution in [0.15, 0.2) is 0 Å². The van der Waals surface area contributed by atoms with Gasteiger partial charge in [0, 0.05) is 6.42 Å². The molecule has 1 rings (SSSR count). The Bertz CT molecular complexity index is 175. The summed E-state index contributed by atoms with van der Waals surface area (Å²) in [5.74, 6) is -1.73. The van der Waals surface area contributed by atoms with Crippen molar-refractivity contribution in [2.75, 3.05) is 0 Å². The summed E-state index contributed by atoms with van der Waals surface area (Å²) in [5.41, 5.74) is 0. The van der Waals surface area contributed by atoms with Gasteiger partial charge >= 0.3 is 11.9 Å². The van der Waals surface area contributed by atoms with Crippen molar-refractivity contribution in [1.82, 2.24) is 0 Å². The fraction of sp³-hybridized carbons (Fsp3) is 0.667. The van der Waals surface area contributed by atoms with Crippen LogP contribution < -0.4 is 0 Å². The summed E-state index contributed by atoms with van der Waals surface area (Å²) in [6.07, 6.45) is -0.615. The summed E-state index contributed by atoms with van der Waals surface area (Å²) in [4.78, 5) is 20.8. The summed E-state index contributed by atoms with van der Waals surface area (Å²) in [5, 5.41) is 8.37. The Morgan fingerprint density at radius 2 is 2.40 bits per heavy atom. The molecule has 2 atom stereocenters. The SMILES string of the molecule is CC1C[C@@H](C(=O)O)OC1=O. The first kappa shape index (κ1) is 7.05. The highest BCUT2D eigenvalue weighted by atomic mass is 16.6. The zero-order chi connectivity index (χ0) is 7.72. The standard InChI is InChI=1S/C6H8O4/c1-3-2-4(5(7)8)10-6(3)9/h3-4H,2H2,1H3,(H,7,8)/t3?,4-/m0/s1. The van der Waals surface area contributed by atoms with Crippen LogP contribution in [0.1, 0.15) is 13.3 Å². The minimum atomic E-state index is -1.06. The van der Waals surface area contributed by atoms with E-state index in [0.717, 1.165) is 0 Å². The molecular formula is C6H8O4. The van der Waals surface area contributed by atoms with Crippen LogP contribution in [0.5, 0.6) is 0 Å². The molecule has 0 spiro atoms. The third-order valence-electron chi connectivity index (χ3n) is 1.50. The van der Waals surface area contributed by atoms with Gasteiger partial charge in [0.2, 0.25) is 0 Å². The first-order chi connectivity index (χ1) is 4.61.